The van der Waals surface area contributed by atoms with Gasteiger partial charge in [-0.1, -0.05) is 0 Å². The number of rotatable bonds is 3. The second-order valence-electron chi connectivity index (χ2n) is 3.60. The summed E-state index contributed by atoms with van der Waals surface area (Å²) in [7, 11) is 1.61. The molecule has 1 atom stereocenters. The third-order valence-electron chi connectivity index (χ3n) is 2.53. The average molecular weight is 171 g/mol. The quantitative estimate of drug-likeness (QED) is 0.561. The number of amides is 2. The van der Waals surface area contributed by atoms with Crippen LogP contribution in [0.15, 0.2) is 0 Å². The fraction of sp³-hybridized carbons (Fsp3) is 0.875. The molecule has 1 unspecified atom stereocenters. The van der Waals surface area contributed by atoms with Crippen molar-refractivity contribution in [1.29, 1.82) is 0 Å². The zero-order valence-corrected chi connectivity index (χ0v) is 7.68. The van der Waals surface area contributed by atoms with Crippen LogP contribution in [0, 0.1) is 5.92 Å². The molecule has 1 aliphatic carbocycles. The minimum Gasteiger partial charge on any atom is -0.341 e. The zero-order valence-electron chi connectivity index (χ0n) is 7.68. The van der Waals surface area contributed by atoms with Crippen LogP contribution < -0.4 is 16.4 Å². The van der Waals surface area contributed by atoms with Gasteiger partial charge in [0.25, 0.3) is 0 Å². The Morgan fingerprint density at radius 3 is 2.58 bits per heavy atom. The van der Waals surface area contributed by atoms with E-state index < -0.39 is 0 Å². The highest BCUT2D eigenvalue weighted by Crippen LogP contribution is 2.38. The molecule has 0 saturated heterocycles. The molecule has 12 heavy (non-hydrogen) atoms. The van der Waals surface area contributed by atoms with Gasteiger partial charge in [-0.2, -0.15) is 0 Å². The molecule has 0 aromatic heterocycles. The number of nitrogens with two attached hydrogens (primary N) is 1. The number of hydrogen-bond acceptors (Lipinski definition) is 2. The third-order valence-corrected chi connectivity index (χ3v) is 2.53. The molecule has 4 heteroatoms. The molecule has 0 aliphatic heterocycles. The molecule has 1 saturated carbocycles. The summed E-state index contributed by atoms with van der Waals surface area (Å²) in [5.41, 5.74) is 5.40. The summed E-state index contributed by atoms with van der Waals surface area (Å²) >= 11 is 0. The summed E-state index contributed by atoms with van der Waals surface area (Å²) < 4.78 is 0. The zero-order chi connectivity index (χ0) is 9.19. The fourth-order valence-electron chi connectivity index (χ4n) is 1.36. The van der Waals surface area contributed by atoms with Gasteiger partial charge < -0.3 is 16.4 Å². The lowest BCUT2D eigenvalue weighted by Gasteiger charge is -2.29. The summed E-state index contributed by atoms with van der Waals surface area (Å²) in [5, 5.41) is 5.41. The predicted molar refractivity (Wildman–Crippen MR) is 47.8 cm³/mol. The molecular formula is C8H17N3O. The molecule has 4 N–H and O–H groups in total. The summed E-state index contributed by atoms with van der Waals surface area (Å²) in [6.45, 7) is 2.50. The minimum absolute atomic E-state index is 0.144. The van der Waals surface area contributed by atoms with Crippen LogP contribution in [-0.2, 0) is 0 Å². The van der Waals surface area contributed by atoms with E-state index in [9.17, 15) is 4.79 Å². The molecule has 2 amide bonds. The third kappa shape index (κ3) is 1.88. The van der Waals surface area contributed by atoms with Crippen LogP contribution >= 0.6 is 0 Å². The topological polar surface area (TPSA) is 67.2 Å². The van der Waals surface area contributed by atoms with Gasteiger partial charge in [-0.05, 0) is 25.7 Å². The first-order valence-corrected chi connectivity index (χ1v) is 4.32. The van der Waals surface area contributed by atoms with Crippen molar-refractivity contribution in [2.45, 2.75) is 25.3 Å². The van der Waals surface area contributed by atoms with E-state index in [1.807, 2.05) is 6.92 Å². The first kappa shape index (κ1) is 9.32. The predicted octanol–water partition coefficient (Wildman–Crippen LogP) is 0.0428. The van der Waals surface area contributed by atoms with Crippen LogP contribution in [0.5, 0.6) is 0 Å². The van der Waals surface area contributed by atoms with Crippen molar-refractivity contribution in [3.63, 3.8) is 0 Å². The number of carbonyl (C=O) groups excluding carboxylic acids is 1. The molecule has 1 rings (SSSR count). The molecule has 0 spiro atoms. The van der Waals surface area contributed by atoms with Gasteiger partial charge in [0.1, 0.15) is 0 Å². The standard InChI is InChI=1S/C8H17N3O/c1-8(5-9,6-3-4-6)11-7(12)10-2/h6H,3-5,9H2,1-2H3,(H2,10,11,12). The van der Waals surface area contributed by atoms with Crippen LogP contribution in [0.25, 0.3) is 0 Å². The van der Waals surface area contributed by atoms with Gasteiger partial charge in [0.05, 0.1) is 5.54 Å². The number of carbonyl (C=O) groups is 1. The Morgan fingerprint density at radius 2 is 2.25 bits per heavy atom. The van der Waals surface area contributed by atoms with Crippen LogP contribution in [0.1, 0.15) is 19.8 Å². The first-order valence-electron chi connectivity index (χ1n) is 4.32. The largest absolute Gasteiger partial charge is 0.341 e. The highest BCUT2D eigenvalue weighted by molar-refractivity contribution is 5.74. The Bertz CT molecular complexity index is 179. The molecule has 0 radical (unpaired) electrons. The van der Waals surface area contributed by atoms with Gasteiger partial charge in [-0.25, -0.2) is 4.79 Å². The Hall–Kier alpha value is -0.770. The van der Waals surface area contributed by atoms with E-state index in [4.69, 9.17) is 5.73 Å². The van der Waals surface area contributed by atoms with Gasteiger partial charge in [0.15, 0.2) is 0 Å². The van der Waals surface area contributed by atoms with E-state index in [1.165, 1.54) is 12.8 Å². The fourth-order valence-corrected chi connectivity index (χ4v) is 1.36. The summed E-state index contributed by atoms with van der Waals surface area (Å²) in [5.74, 6) is 0.569. The lowest BCUT2D eigenvalue weighted by molar-refractivity contribution is 0.225. The maximum Gasteiger partial charge on any atom is 0.315 e. The molecule has 70 valence electrons. The van der Waals surface area contributed by atoms with Crippen LogP contribution in [0.3, 0.4) is 0 Å². The van der Waals surface area contributed by atoms with Crippen molar-refractivity contribution in [1.82, 2.24) is 10.6 Å². The van der Waals surface area contributed by atoms with Crippen molar-refractivity contribution < 1.29 is 4.79 Å². The van der Waals surface area contributed by atoms with Crippen molar-refractivity contribution in [2.24, 2.45) is 11.7 Å². The van der Waals surface area contributed by atoms with Gasteiger partial charge in [-0.15, -0.1) is 0 Å². The Kier molecular flexibility index (Phi) is 2.57. The van der Waals surface area contributed by atoms with E-state index in [-0.39, 0.29) is 11.6 Å². The molecule has 0 aromatic carbocycles. The van der Waals surface area contributed by atoms with Crippen molar-refractivity contribution >= 4 is 6.03 Å². The highest BCUT2D eigenvalue weighted by atomic mass is 16.2. The lowest BCUT2D eigenvalue weighted by Crippen LogP contribution is -2.55. The Balaban J connectivity index is 2.48. The van der Waals surface area contributed by atoms with Crippen LogP contribution in [0.4, 0.5) is 4.79 Å². The van der Waals surface area contributed by atoms with E-state index in [0.717, 1.165) is 0 Å². The molecule has 1 fully saturated rings. The maximum atomic E-state index is 11.0. The van der Waals surface area contributed by atoms with Crippen LogP contribution in [0.2, 0.25) is 0 Å². The van der Waals surface area contributed by atoms with Gasteiger partial charge >= 0.3 is 6.03 Å². The summed E-state index contributed by atoms with van der Waals surface area (Å²) in [6, 6.07) is -0.144. The van der Waals surface area contributed by atoms with Crippen molar-refractivity contribution in [3.8, 4) is 0 Å². The molecule has 0 bridgehead atoms. The minimum atomic E-state index is -0.208. The number of hydrogen-bond donors (Lipinski definition) is 3. The van der Waals surface area contributed by atoms with Gasteiger partial charge in [-0.3, -0.25) is 0 Å². The molecule has 0 aromatic rings. The van der Waals surface area contributed by atoms with E-state index in [1.54, 1.807) is 7.05 Å². The first-order chi connectivity index (χ1) is 5.62. The molecule has 4 nitrogen and oxygen atoms in total. The van der Waals surface area contributed by atoms with E-state index in [0.29, 0.717) is 12.5 Å². The van der Waals surface area contributed by atoms with Gasteiger partial charge in [0.2, 0.25) is 0 Å². The van der Waals surface area contributed by atoms with E-state index >= 15 is 0 Å². The Morgan fingerprint density at radius 1 is 1.67 bits per heavy atom. The maximum absolute atomic E-state index is 11.0. The number of urea groups is 1. The monoisotopic (exact) mass is 171 g/mol. The second kappa shape index (κ2) is 3.31. The molecule has 1 aliphatic rings. The lowest BCUT2D eigenvalue weighted by atomic mass is 9.96. The number of nitrogens with one attached hydrogen (secondary N) is 2. The summed E-state index contributed by atoms with van der Waals surface area (Å²) in [4.78, 5) is 11.0. The SMILES string of the molecule is CNC(=O)NC(C)(CN)C1CC1. The van der Waals surface area contributed by atoms with Crippen molar-refractivity contribution in [2.75, 3.05) is 13.6 Å². The van der Waals surface area contributed by atoms with Gasteiger partial charge in [0, 0.05) is 13.6 Å². The molecule has 0 heterocycles. The average Bonchev–Trinajstić information content (AvgIpc) is 2.86. The van der Waals surface area contributed by atoms with Crippen LogP contribution in [-0.4, -0.2) is 25.2 Å². The summed E-state index contributed by atoms with van der Waals surface area (Å²) in [6.07, 6.45) is 2.36. The Labute approximate surface area is 72.9 Å². The van der Waals surface area contributed by atoms with Crippen molar-refractivity contribution in [3.05, 3.63) is 0 Å². The molecular weight excluding hydrogens is 154 g/mol. The second-order valence-corrected chi connectivity index (χ2v) is 3.60. The smallest absolute Gasteiger partial charge is 0.315 e. The van der Waals surface area contributed by atoms with E-state index in [2.05, 4.69) is 10.6 Å². The normalized spacial score (nSPS) is 21.2. The highest BCUT2D eigenvalue weighted by Gasteiger charge is 2.41.